The van der Waals surface area contributed by atoms with Crippen LogP contribution in [0.1, 0.15) is 52.4 Å². The first-order valence-corrected chi connectivity index (χ1v) is 7.06. The number of hydrogen-bond acceptors (Lipinski definition) is 1. The highest BCUT2D eigenvalue weighted by atomic mass is 35.5. The summed E-state index contributed by atoms with van der Waals surface area (Å²) in [6.07, 6.45) is 6.81. The molecule has 3 heteroatoms. The molecule has 1 aliphatic rings. The molecule has 0 spiro atoms. The minimum absolute atomic E-state index is 0.284. The molecule has 0 aromatic carbocycles. The van der Waals surface area contributed by atoms with Gasteiger partial charge in [-0.1, -0.05) is 19.3 Å². The Balaban J connectivity index is 2.51. The van der Waals surface area contributed by atoms with Gasteiger partial charge in [0.25, 0.3) is 0 Å². The van der Waals surface area contributed by atoms with Gasteiger partial charge in [-0.3, -0.25) is 4.79 Å². The van der Waals surface area contributed by atoms with Crippen molar-refractivity contribution >= 4 is 17.5 Å². The summed E-state index contributed by atoms with van der Waals surface area (Å²) in [6, 6.07) is 0.303. The van der Waals surface area contributed by atoms with E-state index in [1.807, 2.05) is 4.90 Å². The Kier molecular flexibility index (Phi) is 6.18. The predicted molar refractivity (Wildman–Crippen MR) is 68.8 cm³/mol. The van der Waals surface area contributed by atoms with Gasteiger partial charge in [0.1, 0.15) is 0 Å². The van der Waals surface area contributed by atoms with Crippen molar-refractivity contribution in [3.63, 3.8) is 0 Å². The molecule has 94 valence electrons. The molecule has 1 fully saturated rings. The van der Waals surface area contributed by atoms with Gasteiger partial charge in [-0.15, -0.1) is 11.6 Å². The van der Waals surface area contributed by atoms with Crippen LogP contribution in [0.2, 0.25) is 0 Å². The topological polar surface area (TPSA) is 20.3 Å². The van der Waals surface area contributed by atoms with E-state index in [9.17, 15) is 4.79 Å². The predicted octanol–water partition coefficient (Wildman–Crippen LogP) is 3.43. The molecule has 0 bridgehead atoms. The summed E-state index contributed by atoms with van der Waals surface area (Å²) in [5.74, 6) is 1.28. The zero-order chi connectivity index (χ0) is 12.0. The lowest BCUT2D eigenvalue weighted by Gasteiger charge is -2.32. The van der Waals surface area contributed by atoms with Gasteiger partial charge in [0.2, 0.25) is 5.91 Å². The largest absolute Gasteiger partial charge is 0.340 e. The first-order chi connectivity index (χ1) is 7.66. The van der Waals surface area contributed by atoms with Crippen LogP contribution < -0.4 is 0 Å². The van der Waals surface area contributed by atoms with E-state index in [4.69, 9.17) is 11.6 Å². The van der Waals surface area contributed by atoms with Crippen molar-refractivity contribution in [3.8, 4) is 0 Å². The number of carbonyl (C=O) groups excluding carboxylic acids is 1. The van der Waals surface area contributed by atoms with E-state index in [0.29, 0.717) is 17.8 Å². The molecule has 16 heavy (non-hydrogen) atoms. The molecule has 0 unspecified atom stereocenters. The van der Waals surface area contributed by atoms with Crippen LogP contribution in [0.15, 0.2) is 0 Å². The Hall–Kier alpha value is -0.240. The fourth-order valence-electron chi connectivity index (χ4n) is 2.44. The van der Waals surface area contributed by atoms with Crippen LogP contribution in [0.4, 0.5) is 0 Å². The van der Waals surface area contributed by atoms with E-state index in [0.717, 1.165) is 25.8 Å². The van der Waals surface area contributed by atoms with E-state index >= 15 is 0 Å². The van der Waals surface area contributed by atoms with Crippen LogP contribution in [-0.4, -0.2) is 29.3 Å². The normalized spacial score (nSPS) is 17.8. The number of nitrogens with zero attached hydrogens (tertiary/aromatic N) is 1. The van der Waals surface area contributed by atoms with Crippen LogP contribution in [0.5, 0.6) is 0 Å². The molecule has 0 aromatic rings. The monoisotopic (exact) mass is 245 g/mol. The van der Waals surface area contributed by atoms with Crippen LogP contribution in [0.25, 0.3) is 0 Å². The van der Waals surface area contributed by atoms with E-state index in [2.05, 4.69) is 13.8 Å². The molecular formula is C13H24ClNO. The third-order valence-electron chi connectivity index (χ3n) is 3.39. The van der Waals surface area contributed by atoms with Crippen molar-refractivity contribution < 1.29 is 4.79 Å². The lowest BCUT2D eigenvalue weighted by molar-refractivity contribution is -0.138. The Morgan fingerprint density at radius 2 is 1.94 bits per heavy atom. The zero-order valence-corrected chi connectivity index (χ0v) is 11.3. The second-order valence-electron chi connectivity index (χ2n) is 5.00. The molecular weight excluding hydrogens is 222 g/mol. The summed E-state index contributed by atoms with van der Waals surface area (Å²) in [7, 11) is 0. The summed E-state index contributed by atoms with van der Waals surface area (Å²) in [4.78, 5) is 14.3. The number of carbonyl (C=O) groups is 1. The molecule has 0 saturated heterocycles. The molecule has 2 nitrogen and oxygen atoms in total. The van der Waals surface area contributed by atoms with Gasteiger partial charge in [-0.25, -0.2) is 0 Å². The van der Waals surface area contributed by atoms with Crippen molar-refractivity contribution in [2.24, 2.45) is 5.92 Å². The van der Waals surface area contributed by atoms with Gasteiger partial charge >= 0.3 is 0 Å². The lowest BCUT2D eigenvalue weighted by Crippen LogP contribution is -2.42. The van der Waals surface area contributed by atoms with Crippen molar-refractivity contribution in [2.75, 3.05) is 12.4 Å². The van der Waals surface area contributed by atoms with Crippen LogP contribution in [0.3, 0.4) is 0 Å². The zero-order valence-electron chi connectivity index (χ0n) is 10.5. The Morgan fingerprint density at radius 3 is 2.44 bits per heavy atom. The molecule has 0 aliphatic heterocycles. The van der Waals surface area contributed by atoms with Crippen molar-refractivity contribution in [2.45, 2.75) is 58.4 Å². The molecule has 1 saturated carbocycles. The smallest absolute Gasteiger partial charge is 0.225 e. The van der Waals surface area contributed by atoms with Gasteiger partial charge in [0.05, 0.1) is 0 Å². The van der Waals surface area contributed by atoms with Crippen LogP contribution in [0, 0.1) is 5.92 Å². The number of rotatable bonds is 5. The van der Waals surface area contributed by atoms with Crippen molar-refractivity contribution in [3.05, 3.63) is 0 Å². The minimum Gasteiger partial charge on any atom is -0.340 e. The maximum absolute atomic E-state index is 12.3. The number of alkyl halides is 1. The highest BCUT2D eigenvalue weighted by Crippen LogP contribution is 2.26. The van der Waals surface area contributed by atoms with Crippen molar-refractivity contribution in [1.82, 2.24) is 4.90 Å². The average molecular weight is 246 g/mol. The van der Waals surface area contributed by atoms with Gasteiger partial charge < -0.3 is 4.90 Å². The summed E-state index contributed by atoms with van der Waals surface area (Å²) in [5.41, 5.74) is 0. The molecule has 0 N–H and O–H groups in total. The number of hydrogen-bond donors (Lipinski definition) is 0. The molecule has 1 aliphatic carbocycles. The van der Waals surface area contributed by atoms with Gasteiger partial charge in [0, 0.05) is 24.4 Å². The average Bonchev–Trinajstić information content (AvgIpc) is 2.30. The van der Waals surface area contributed by atoms with E-state index < -0.39 is 0 Å². The summed E-state index contributed by atoms with van der Waals surface area (Å²) in [5, 5.41) is 0. The van der Waals surface area contributed by atoms with Crippen LogP contribution in [-0.2, 0) is 4.79 Å². The molecule has 0 atom stereocenters. The third-order valence-corrected chi connectivity index (χ3v) is 3.66. The Morgan fingerprint density at radius 1 is 1.31 bits per heavy atom. The van der Waals surface area contributed by atoms with E-state index in [1.54, 1.807) is 0 Å². The standard InChI is InChI=1S/C13H24ClNO/c1-11(2)15(10-6-9-14)13(16)12-7-4-3-5-8-12/h11-12H,3-10H2,1-2H3. The molecule has 0 heterocycles. The lowest BCUT2D eigenvalue weighted by atomic mass is 9.88. The fraction of sp³-hybridized carbons (Fsp3) is 0.923. The SMILES string of the molecule is CC(C)N(CCCCl)C(=O)C1CCCCC1. The maximum Gasteiger partial charge on any atom is 0.225 e. The highest BCUT2D eigenvalue weighted by Gasteiger charge is 2.26. The molecule has 1 rings (SSSR count). The molecule has 0 radical (unpaired) electrons. The van der Waals surface area contributed by atoms with Crippen LogP contribution >= 0.6 is 11.6 Å². The first kappa shape index (κ1) is 13.8. The maximum atomic E-state index is 12.3. The first-order valence-electron chi connectivity index (χ1n) is 6.53. The van der Waals surface area contributed by atoms with Gasteiger partial charge in [-0.05, 0) is 33.1 Å². The Labute approximate surface area is 104 Å². The summed E-state index contributed by atoms with van der Waals surface area (Å²) < 4.78 is 0. The second kappa shape index (κ2) is 7.16. The Bertz CT molecular complexity index is 212. The minimum atomic E-state index is 0.284. The van der Waals surface area contributed by atoms with Gasteiger partial charge in [0.15, 0.2) is 0 Å². The van der Waals surface area contributed by atoms with Crippen molar-refractivity contribution in [1.29, 1.82) is 0 Å². The molecule has 0 aromatic heterocycles. The quantitative estimate of drug-likeness (QED) is 0.680. The summed E-state index contributed by atoms with van der Waals surface area (Å²) >= 11 is 5.70. The van der Waals surface area contributed by atoms with E-state index in [-0.39, 0.29) is 5.92 Å². The van der Waals surface area contributed by atoms with E-state index in [1.165, 1.54) is 19.3 Å². The molecule has 1 amide bonds. The second-order valence-corrected chi connectivity index (χ2v) is 5.38. The number of amides is 1. The number of halogens is 1. The summed E-state index contributed by atoms with van der Waals surface area (Å²) in [6.45, 7) is 5.00. The highest BCUT2D eigenvalue weighted by molar-refractivity contribution is 6.17. The third kappa shape index (κ3) is 3.97. The van der Waals surface area contributed by atoms with Gasteiger partial charge in [-0.2, -0.15) is 0 Å². The fourth-order valence-corrected chi connectivity index (χ4v) is 2.56.